The molecule has 0 bridgehead atoms. The van der Waals surface area contributed by atoms with Crippen molar-refractivity contribution in [2.24, 2.45) is 0 Å². The molecule has 2 aromatic carbocycles. The van der Waals surface area contributed by atoms with Gasteiger partial charge in [0.1, 0.15) is 10.7 Å². The molecule has 0 heterocycles. The van der Waals surface area contributed by atoms with E-state index in [1.165, 1.54) is 18.2 Å². The number of benzene rings is 2. The highest BCUT2D eigenvalue weighted by molar-refractivity contribution is 7.91. The first-order valence-electron chi connectivity index (χ1n) is 6.21. The van der Waals surface area contributed by atoms with Gasteiger partial charge in [0.05, 0.1) is 11.9 Å². The SMILES string of the molecule is O=S(=O)(CCC(O)c1ccccc1)c1ccccc1F. The molecule has 0 aromatic heterocycles. The topological polar surface area (TPSA) is 54.4 Å². The van der Waals surface area contributed by atoms with Crippen LogP contribution in [-0.2, 0) is 9.84 Å². The lowest BCUT2D eigenvalue weighted by atomic mass is 10.1. The summed E-state index contributed by atoms with van der Waals surface area (Å²) >= 11 is 0. The van der Waals surface area contributed by atoms with Crippen molar-refractivity contribution in [1.29, 1.82) is 0 Å². The maximum Gasteiger partial charge on any atom is 0.181 e. The lowest BCUT2D eigenvalue weighted by molar-refractivity contribution is 0.174. The lowest BCUT2D eigenvalue weighted by Crippen LogP contribution is -2.12. The first-order valence-corrected chi connectivity index (χ1v) is 7.86. The number of sulfone groups is 1. The molecular weight excluding hydrogens is 279 g/mol. The van der Waals surface area contributed by atoms with Crippen molar-refractivity contribution in [2.75, 3.05) is 5.75 Å². The summed E-state index contributed by atoms with van der Waals surface area (Å²) in [6.07, 6.45) is -0.849. The minimum Gasteiger partial charge on any atom is -0.388 e. The maximum absolute atomic E-state index is 13.5. The first-order chi connectivity index (χ1) is 9.50. The van der Waals surface area contributed by atoms with Crippen LogP contribution < -0.4 is 0 Å². The van der Waals surface area contributed by atoms with Gasteiger partial charge in [-0.25, -0.2) is 12.8 Å². The molecule has 1 unspecified atom stereocenters. The highest BCUT2D eigenvalue weighted by Gasteiger charge is 2.20. The van der Waals surface area contributed by atoms with E-state index in [1.807, 2.05) is 6.07 Å². The number of aliphatic hydroxyl groups is 1. The first kappa shape index (κ1) is 14.7. The summed E-state index contributed by atoms with van der Waals surface area (Å²) in [5.41, 5.74) is 0.649. The maximum atomic E-state index is 13.5. The van der Waals surface area contributed by atoms with E-state index in [0.717, 1.165) is 6.07 Å². The minimum absolute atomic E-state index is 0.0285. The molecule has 1 N–H and O–H groups in total. The van der Waals surface area contributed by atoms with Crippen molar-refractivity contribution in [3.05, 3.63) is 66.0 Å². The molecule has 5 heteroatoms. The second kappa shape index (κ2) is 6.15. The van der Waals surface area contributed by atoms with Crippen LogP contribution in [0.15, 0.2) is 59.5 Å². The highest BCUT2D eigenvalue weighted by Crippen LogP contribution is 2.21. The van der Waals surface area contributed by atoms with Gasteiger partial charge in [0.25, 0.3) is 0 Å². The predicted octanol–water partition coefficient (Wildman–Crippen LogP) is 2.72. The van der Waals surface area contributed by atoms with E-state index in [4.69, 9.17) is 0 Å². The molecule has 0 aliphatic heterocycles. The summed E-state index contributed by atoms with van der Waals surface area (Å²) in [4.78, 5) is -0.319. The molecule has 0 fully saturated rings. The third-order valence-corrected chi connectivity index (χ3v) is 4.79. The Hall–Kier alpha value is -1.72. The molecule has 2 rings (SSSR count). The Kier molecular flexibility index (Phi) is 4.52. The fourth-order valence-corrected chi connectivity index (χ4v) is 3.32. The molecule has 0 amide bonds. The van der Waals surface area contributed by atoms with E-state index in [0.29, 0.717) is 5.56 Å². The van der Waals surface area contributed by atoms with Gasteiger partial charge in [-0.05, 0) is 24.1 Å². The Bertz CT molecular complexity index is 669. The van der Waals surface area contributed by atoms with Crippen molar-refractivity contribution < 1.29 is 17.9 Å². The van der Waals surface area contributed by atoms with E-state index >= 15 is 0 Å². The van der Waals surface area contributed by atoms with Gasteiger partial charge in [-0.15, -0.1) is 0 Å². The van der Waals surface area contributed by atoms with Crippen LogP contribution in [0, 0.1) is 5.82 Å². The predicted molar refractivity (Wildman–Crippen MR) is 74.5 cm³/mol. The van der Waals surface area contributed by atoms with Crippen molar-refractivity contribution in [1.82, 2.24) is 0 Å². The van der Waals surface area contributed by atoms with E-state index in [2.05, 4.69) is 0 Å². The number of halogens is 1. The normalized spacial score (nSPS) is 13.1. The lowest BCUT2D eigenvalue weighted by Gasteiger charge is -2.11. The van der Waals surface area contributed by atoms with Crippen LogP contribution in [-0.4, -0.2) is 19.3 Å². The summed E-state index contributed by atoms with van der Waals surface area (Å²) in [6, 6.07) is 14.1. The van der Waals surface area contributed by atoms with Gasteiger partial charge in [0.15, 0.2) is 9.84 Å². The summed E-state index contributed by atoms with van der Waals surface area (Å²) in [6.45, 7) is 0. The van der Waals surface area contributed by atoms with Gasteiger partial charge in [0, 0.05) is 0 Å². The largest absolute Gasteiger partial charge is 0.388 e. The van der Waals surface area contributed by atoms with Crippen LogP contribution >= 0.6 is 0 Å². The fourth-order valence-electron chi connectivity index (χ4n) is 1.92. The molecule has 0 saturated carbocycles. The second-order valence-corrected chi connectivity index (χ2v) is 6.54. The quantitative estimate of drug-likeness (QED) is 0.922. The van der Waals surface area contributed by atoms with Crippen molar-refractivity contribution in [3.8, 4) is 0 Å². The molecule has 0 saturated heterocycles. The average Bonchev–Trinajstić information content (AvgIpc) is 2.46. The molecular formula is C15H15FO3S. The van der Waals surface area contributed by atoms with Crippen LogP contribution in [0.2, 0.25) is 0 Å². The Morgan fingerprint density at radius 2 is 1.60 bits per heavy atom. The van der Waals surface area contributed by atoms with Gasteiger partial charge in [-0.1, -0.05) is 42.5 Å². The molecule has 0 aliphatic rings. The fraction of sp³-hybridized carbons (Fsp3) is 0.200. The zero-order valence-corrected chi connectivity index (χ0v) is 11.6. The monoisotopic (exact) mass is 294 g/mol. The Labute approximate surface area is 117 Å². The van der Waals surface area contributed by atoms with E-state index < -0.39 is 21.8 Å². The highest BCUT2D eigenvalue weighted by atomic mass is 32.2. The van der Waals surface area contributed by atoms with E-state index in [-0.39, 0.29) is 17.1 Å². The Balaban J connectivity index is 2.09. The number of rotatable bonds is 5. The molecule has 106 valence electrons. The third-order valence-electron chi connectivity index (χ3n) is 3.02. The second-order valence-electron chi connectivity index (χ2n) is 4.46. The van der Waals surface area contributed by atoms with Crippen LogP contribution in [0.1, 0.15) is 18.1 Å². The summed E-state index contributed by atoms with van der Waals surface area (Å²) in [7, 11) is -3.73. The van der Waals surface area contributed by atoms with Crippen LogP contribution in [0.5, 0.6) is 0 Å². The van der Waals surface area contributed by atoms with Crippen molar-refractivity contribution in [3.63, 3.8) is 0 Å². The van der Waals surface area contributed by atoms with E-state index in [1.54, 1.807) is 24.3 Å². The van der Waals surface area contributed by atoms with Gasteiger partial charge >= 0.3 is 0 Å². The zero-order chi connectivity index (χ0) is 14.6. The van der Waals surface area contributed by atoms with Crippen LogP contribution in [0.25, 0.3) is 0 Å². The minimum atomic E-state index is -3.73. The molecule has 0 radical (unpaired) electrons. The van der Waals surface area contributed by atoms with Gasteiger partial charge in [0.2, 0.25) is 0 Å². The standard InChI is InChI=1S/C15H15FO3S/c16-13-8-4-5-9-15(13)20(18,19)11-10-14(17)12-6-2-1-3-7-12/h1-9,14,17H,10-11H2. The smallest absolute Gasteiger partial charge is 0.181 e. The molecule has 1 atom stereocenters. The average molecular weight is 294 g/mol. The Morgan fingerprint density at radius 3 is 2.25 bits per heavy atom. The van der Waals surface area contributed by atoms with Gasteiger partial charge in [-0.2, -0.15) is 0 Å². The number of aliphatic hydroxyl groups excluding tert-OH is 1. The van der Waals surface area contributed by atoms with Crippen molar-refractivity contribution in [2.45, 2.75) is 17.4 Å². The number of hydrogen-bond acceptors (Lipinski definition) is 3. The summed E-state index contributed by atoms with van der Waals surface area (Å²) in [5, 5.41) is 9.94. The van der Waals surface area contributed by atoms with Crippen molar-refractivity contribution >= 4 is 9.84 Å². The molecule has 20 heavy (non-hydrogen) atoms. The number of hydrogen-bond donors (Lipinski definition) is 1. The van der Waals surface area contributed by atoms with E-state index in [9.17, 15) is 17.9 Å². The third kappa shape index (κ3) is 3.43. The molecule has 0 spiro atoms. The zero-order valence-electron chi connectivity index (χ0n) is 10.7. The van der Waals surface area contributed by atoms with Crippen LogP contribution in [0.4, 0.5) is 4.39 Å². The molecule has 2 aromatic rings. The summed E-state index contributed by atoms with van der Waals surface area (Å²) in [5.74, 6) is -1.06. The van der Waals surface area contributed by atoms with Gasteiger partial charge in [-0.3, -0.25) is 0 Å². The Morgan fingerprint density at radius 1 is 1.00 bits per heavy atom. The van der Waals surface area contributed by atoms with Gasteiger partial charge < -0.3 is 5.11 Å². The van der Waals surface area contributed by atoms with Crippen LogP contribution in [0.3, 0.4) is 0 Å². The molecule has 3 nitrogen and oxygen atoms in total. The summed E-state index contributed by atoms with van der Waals surface area (Å²) < 4.78 is 37.6. The molecule has 0 aliphatic carbocycles.